The minimum absolute atomic E-state index is 0. The van der Waals surface area contributed by atoms with Gasteiger partial charge in [0, 0.05) is 24.5 Å². The molecule has 0 N–H and O–H groups in total. The standard InChI is InChI=1S/5C17H19S.5FH/c5*1-2-3-14-4-6-15(7-5-14)8-9-16-10-12-17(18)13-11-16;;;;;/h5*4-7,10-13H,2-3,8-9H2,1H3;5*1H. The van der Waals surface area contributed by atoms with E-state index in [0.717, 1.165) is 88.7 Å². The van der Waals surface area contributed by atoms with Crippen LogP contribution in [0.2, 0.25) is 0 Å². The molecule has 0 saturated carbocycles. The fraction of sp³-hybridized carbons (Fsp3) is 0.294. The molecule has 0 bridgehead atoms. The maximum absolute atomic E-state index is 5.09. The highest BCUT2D eigenvalue weighted by Crippen LogP contribution is 2.19. The molecule has 0 aliphatic heterocycles. The van der Waals surface area contributed by atoms with E-state index in [-0.39, 0.29) is 23.5 Å². The first-order valence-electron chi connectivity index (χ1n) is 33.1. The third-order valence-electron chi connectivity index (χ3n) is 15.9. The van der Waals surface area contributed by atoms with Gasteiger partial charge < -0.3 is 0 Å². The lowest BCUT2D eigenvalue weighted by molar-refractivity contribution is 0.914. The monoisotopic (exact) mass is 1380 g/mol. The summed E-state index contributed by atoms with van der Waals surface area (Å²) in [5.41, 5.74) is 21.1. The number of benzene rings is 10. The van der Waals surface area contributed by atoms with E-state index in [1.165, 1.54) is 148 Å². The van der Waals surface area contributed by atoms with Crippen molar-refractivity contribution in [3.05, 3.63) is 326 Å². The predicted octanol–water partition coefficient (Wildman–Crippen LogP) is 25.7. The van der Waals surface area contributed by atoms with Gasteiger partial charge in [-0.25, -0.2) is 0 Å². The number of hydrogen-bond donors (Lipinski definition) is 0. The van der Waals surface area contributed by atoms with Gasteiger partial charge in [0.05, 0.1) is 0 Å². The van der Waals surface area contributed by atoms with E-state index in [9.17, 15) is 0 Å². The first-order valence-corrected chi connectivity index (χ1v) is 35.1. The summed E-state index contributed by atoms with van der Waals surface area (Å²) in [4.78, 5) is 4.60. The lowest BCUT2D eigenvalue weighted by Crippen LogP contribution is -1.92. The van der Waals surface area contributed by atoms with Gasteiger partial charge in [-0.1, -0.05) is 312 Å². The summed E-state index contributed by atoms with van der Waals surface area (Å²) in [6.45, 7) is 11.1. The van der Waals surface area contributed by atoms with Gasteiger partial charge in [-0.15, -0.1) is 0 Å². The Kier molecular flexibility index (Phi) is 45.6. The Labute approximate surface area is 596 Å². The zero-order valence-corrected chi connectivity index (χ0v) is 60.4. The van der Waals surface area contributed by atoms with E-state index in [1.807, 2.05) is 60.7 Å². The number of halogens is 5. The maximum Gasteiger partial charge on any atom is 0.0377 e. The molecule has 0 unspecified atom stereocenters. The van der Waals surface area contributed by atoms with E-state index in [2.05, 4.69) is 217 Å². The molecule has 0 saturated heterocycles. The summed E-state index contributed by atoms with van der Waals surface area (Å²) >= 11 is 25.4. The van der Waals surface area contributed by atoms with Gasteiger partial charge in [-0.05, 0) is 240 Å². The van der Waals surface area contributed by atoms with Crippen LogP contribution in [0.3, 0.4) is 0 Å². The van der Waals surface area contributed by atoms with E-state index in [0.29, 0.717) is 0 Å². The largest absolute Gasteiger partial charge is 0.269 e. The molecule has 10 heteroatoms. The first-order chi connectivity index (χ1) is 43.9. The average molecular weight is 1380 g/mol. The van der Waals surface area contributed by atoms with Crippen LogP contribution in [-0.2, 0) is 96.3 Å². The zero-order chi connectivity index (χ0) is 64.0. The second-order valence-corrected chi connectivity index (χ2v) is 25.9. The van der Waals surface area contributed by atoms with Crippen molar-refractivity contribution in [1.82, 2.24) is 0 Å². The van der Waals surface area contributed by atoms with Gasteiger partial charge in [-0.2, -0.15) is 0 Å². The lowest BCUT2D eigenvalue weighted by atomic mass is 10.0. The number of rotatable bonds is 25. The highest BCUT2D eigenvalue weighted by atomic mass is 32.1. The van der Waals surface area contributed by atoms with Crippen LogP contribution in [0.15, 0.2) is 267 Å². The second kappa shape index (κ2) is 50.3. The minimum atomic E-state index is 0. The van der Waals surface area contributed by atoms with Crippen molar-refractivity contribution >= 4 is 63.1 Å². The topological polar surface area (TPSA) is 0 Å². The maximum atomic E-state index is 5.09. The van der Waals surface area contributed by atoms with Gasteiger partial charge in [0.25, 0.3) is 0 Å². The molecule has 0 heterocycles. The molecular formula is C85H100F5S5. The predicted molar refractivity (Wildman–Crippen MR) is 413 cm³/mol. The van der Waals surface area contributed by atoms with Crippen LogP contribution in [0.5, 0.6) is 0 Å². The summed E-state index contributed by atoms with van der Waals surface area (Å²) in [6, 6.07) is 86.5. The van der Waals surface area contributed by atoms with Crippen molar-refractivity contribution in [2.75, 3.05) is 0 Å². The molecule has 0 spiro atoms. The molecule has 10 aromatic carbocycles. The lowest BCUT2D eigenvalue weighted by Gasteiger charge is -2.04. The van der Waals surface area contributed by atoms with Crippen LogP contribution in [0.4, 0.5) is 23.5 Å². The smallest absolute Gasteiger partial charge is 0.0377 e. The molecule has 505 valence electrons. The zero-order valence-electron chi connectivity index (χ0n) is 56.3. The highest BCUT2D eigenvalue weighted by Gasteiger charge is 2.03. The fourth-order valence-corrected chi connectivity index (χ4v) is 11.2. The summed E-state index contributed by atoms with van der Waals surface area (Å²) in [7, 11) is 0. The summed E-state index contributed by atoms with van der Waals surface area (Å²) < 4.78 is 0. The molecule has 0 atom stereocenters. The molecular weight excluding hydrogens is 1280 g/mol. The molecule has 0 aliphatic rings. The molecule has 10 rings (SSSR count). The SMILES string of the molecule is CCCc1ccc(CCc2ccc([S])cc2)cc1.CCCc1ccc(CCc2ccc([S])cc2)cc1.CCCc1ccc(CCc2ccc([S])cc2)cc1.CCCc1ccc(CCc2ccc([S])cc2)cc1.CCCc1ccc(CCc2ccc([S])cc2)cc1.F.F.F.F.F. The Morgan fingerprint density at radius 1 is 0.137 bits per heavy atom. The van der Waals surface area contributed by atoms with Crippen molar-refractivity contribution in [2.45, 2.75) is 188 Å². The van der Waals surface area contributed by atoms with Crippen LogP contribution in [0.1, 0.15) is 150 Å². The van der Waals surface area contributed by atoms with Gasteiger partial charge in [0.15, 0.2) is 0 Å². The summed E-state index contributed by atoms with van der Waals surface area (Å²) in [6.07, 6.45) is 22.9. The Hall–Kier alpha value is -7.05. The Balaban J connectivity index is 0.000000586. The van der Waals surface area contributed by atoms with Crippen LogP contribution >= 0.6 is 63.1 Å². The average Bonchev–Trinajstić information content (AvgIpc) is 3.77. The summed E-state index contributed by atoms with van der Waals surface area (Å²) in [5, 5.41) is 0. The van der Waals surface area contributed by atoms with E-state index in [1.54, 1.807) is 0 Å². The molecule has 95 heavy (non-hydrogen) atoms. The van der Waals surface area contributed by atoms with E-state index < -0.39 is 0 Å². The van der Waals surface area contributed by atoms with Gasteiger partial charge in [0.2, 0.25) is 0 Å². The van der Waals surface area contributed by atoms with Crippen molar-refractivity contribution in [2.24, 2.45) is 0 Å². The van der Waals surface area contributed by atoms with Crippen molar-refractivity contribution in [1.29, 1.82) is 0 Å². The molecule has 0 nitrogen and oxygen atoms in total. The van der Waals surface area contributed by atoms with Crippen molar-refractivity contribution < 1.29 is 23.5 Å². The second-order valence-electron chi connectivity index (χ2n) is 23.6. The Bertz CT molecular complexity index is 2920. The Morgan fingerprint density at radius 2 is 0.211 bits per heavy atom. The van der Waals surface area contributed by atoms with E-state index in [4.69, 9.17) is 63.1 Å². The summed E-state index contributed by atoms with van der Waals surface area (Å²) in [5.74, 6) is 0. The normalized spacial score (nSPS) is 9.95. The quantitative estimate of drug-likeness (QED) is 0.0500. The molecule has 0 aliphatic carbocycles. The van der Waals surface area contributed by atoms with Crippen LogP contribution in [0.25, 0.3) is 0 Å². The van der Waals surface area contributed by atoms with E-state index >= 15 is 0 Å². The fourth-order valence-electron chi connectivity index (χ4n) is 10.5. The van der Waals surface area contributed by atoms with Gasteiger partial charge in [-0.3, -0.25) is 23.5 Å². The van der Waals surface area contributed by atoms with Crippen LogP contribution < -0.4 is 0 Å². The van der Waals surface area contributed by atoms with Crippen molar-refractivity contribution in [3.8, 4) is 0 Å². The van der Waals surface area contributed by atoms with Gasteiger partial charge in [0.1, 0.15) is 0 Å². The number of aryl methyl sites for hydroxylation is 15. The Morgan fingerprint density at radius 3 is 0.295 bits per heavy atom. The van der Waals surface area contributed by atoms with Gasteiger partial charge >= 0.3 is 0 Å². The molecule has 5 radical (unpaired) electrons. The van der Waals surface area contributed by atoms with Crippen molar-refractivity contribution in [3.63, 3.8) is 0 Å². The first kappa shape index (κ1) is 86.0. The third-order valence-corrected chi connectivity index (χ3v) is 17.3. The van der Waals surface area contributed by atoms with Crippen LogP contribution in [0, 0.1) is 0 Å². The molecule has 0 fully saturated rings. The third kappa shape index (κ3) is 35.5. The molecule has 10 aromatic rings. The molecule has 0 aromatic heterocycles. The minimum Gasteiger partial charge on any atom is -0.269 e. The number of hydrogen-bond acceptors (Lipinski definition) is 0. The highest BCUT2D eigenvalue weighted by molar-refractivity contribution is 7.81. The van der Waals surface area contributed by atoms with Crippen LogP contribution in [-0.4, -0.2) is 0 Å². The molecule has 0 amide bonds.